The second-order valence-electron chi connectivity index (χ2n) is 4.49. The molecule has 0 radical (unpaired) electrons. The average Bonchev–Trinajstić information content (AvgIpc) is 2.48. The highest BCUT2D eigenvalue weighted by molar-refractivity contribution is 9.10. The quantitative estimate of drug-likeness (QED) is 0.838. The Morgan fingerprint density at radius 3 is 2.40 bits per heavy atom. The number of carbonyl (C=O) groups excluding carboxylic acids is 1. The first-order valence-corrected chi connectivity index (χ1v) is 6.86. The Balaban J connectivity index is 2.27. The van der Waals surface area contributed by atoms with Gasteiger partial charge in [-0.15, -0.1) is 0 Å². The van der Waals surface area contributed by atoms with Crippen LogP contribution in [-0.2, 0) is 0 Å². The molecule has 0 aliphatic rings. The topological polar surface area (TPSA) is 44.1 Å². The van der Waals surface area contributed by atoms with Crippen LogP contribution in [0.3, 0.4) is 0 Å². The summed E-state index contributed by atoms with van der Waals surface area (Å²) in [5.74, 6) is -0.0784. The van der Waals surface area contributed by atoms with Crippen molar-refractivity contribution < 1.29 is 4.79 Å². The van der Waals surface area contributed by atoms with Crippen molar-refractivity contribution in [2.24, 2.45) is 0 Å². The van der Waals surface area contributed by atoms with Crippen LogP contribution in [0.5, 0.6) is 0 Å². The van der Waals surface area contributed by atoms with E-state index in [-0.39, 0.29) is 5.91 Å². The fourth-order valence-electron chi connectivity index (χ4n) is 1.85. The number of carbonyl (C=O) groups is 1. The van der Waals surface area contributed by atoms with Gasteiger partial charge in [0.25, 0.3) is 5.91 Å². The Hall–Kier alpha value is -2.12. The van der Waals surface area contributed by atoms with Gasteiger partial charge in [0, 0.05) is 22.8 Å². The molecule has 2 aromatic carbocycles. The van der Waals surface area contributed by atoms with Gasteiger partial charge in [0.2, 0.25) is 0 Å². The SMILES string of the molecule is Cc1cc(C(=O)N(C)c2ccc(C#N)cc2)ccc1Br. The lowest BCUT2D eigenvalue weighted by atomic mass is 10.1. The van der Waals surface area contributed by atoms with Gasteiger partial charge in [0.15, 0.2) is 0 Å². The second kappa shape index (κ2) is 5.89. The van der Waals surface area contributed by atoms with Crippen LogP contribution in [0.2, 0.25) is 0 Å². The number of halogens is 1. The van der Waals surface area contributed by atoms with Crippen LogP contribution in [0.1, 0.15) is 21.5 Å². The van der Waals surface area contributed by atoms with E-state index < -0.39 is 0 Å². The van der Waals surface area contributed by atoms with E-state index in [4.69, 9.17) is 5.26 Å². The molecule has 100 valence electrons. The standard InChI is InChI=1S/C16H13BrN2O/c1-11-9-13(5-8-15(11)17)16(20)19(2)14-6-3-12(10-18)4-7-14/h3-9H,1-2H3. The Bertz CT molecular complexity index is 687. The van der Waals surface area contributed by atoms with Gasteiger partial charge in [-0.2, -0.15) is 5.26 Å². The predicted octanol–water partition coefficient (Wildman–Crippen LogP) is 3.91. The predicted molar refractivity (Wildman–Crippen MR) is 82.8 cm³/mol. The minimum atomic E-state index is -0.0784. The van der Waals surface area contributed by atoms with E-state index in [1.807, 2.05) is 19.1 Å². The van der Waals surface area contributed by atoms with Crippen molar-refractivity contribution in [3.63, 3.8) is 0 Å². The van der Waals surface area contributed by atoms with Crippen molar-refractivity contribution >= 4 is 27.5 Å². The number of benzene rings is 2. The molecule has 2 aromatic rings. The maximum atomic E-state index is 12.4. The third-order valence-electron chi connectivity index (χ3n) is 3.09. The summed E-state index contributed by atoms with van der Waals surface area (Å²) in [6.07, 6.45) is 0. The maximum absolute atomic E-state index is 12.4. The number of aryl methyl sites for hydroxylation is 1. The van der Waals surface area contributed by atoms with Gasteiger partial charge in [0.1, 0.15) is 0 Å². The summed E-state index contributed by atoms with van der Waals surface area (Å²) in [4.78, 5) is 14.0. The summed E-state index contributed by atoms with van der Waals surface area (Å²) in [5, 5.41) is 8.78. The second-order valence-corrected chi connectivity index (χ2v) is 5.34. The Morgan fingerprint density at radius 1 is 1.20 bits per heavy atom. The zero-order chi connectivity index (χ0) is 14.7. The average molecular weight is 329 g/mol. The van der Waals surface area contributed by atoms with Gasteiger partial charge in [-0.25, -0.2) is 0 Å². The number of amides is 1. The van der Waals surface area contributed by atoms with Crippen LogP contribution < -0.4 is 4.90 Å². The molecule has 0 heterocycles. The van der Waals surface area contributed by atoms with Crippen molar-refractivity contribution in [2.45, 2.75) is 6.92 Å². The van der Waals surface area contributed by atoms with Gasteiger partial charge in [-0.1, -0.05) is 15.9 Å². The zero-order valence-corrected chi connectivity index (χ0v) is 12.8. The third-order valence-corrected chi connectivity index (χ3v) is 3.98. The van der Waals surface area contributed by atoms with Gasteiger partial charge >= 0.3 is 0 Å². The summed E-state index contributed by atoms with van der Waals surface area (Å²) in [6.45, 7) is 1.95. The molecule has 0 spiro atoms. The van der Waals surface area contributed by atoms with Gasteiger partial charge in [-0.05, 0) is 55.0 Å². The molecule has 0 aliphatic carbocycles. The molecular weight excluding hydrogens is 316 g/mol. The van der Waals surface area contributed by atoms with E-state index in [0.717, 1.165) is 15.7 Å². The van der Waals surface area contributed by atoms with Crippen molar-refractivity contribution in [1.29, 1.82) is 5.26 Å². The zero-order valence-electron chi connectivity index (χ0n) is 11.2. The molecule has 0 fully saturated rings. The number of hydrogen-bond donors (Lipinski definition) is 0. The highest BCUT2D eigenvalue weighted by atomic mass is 79.9. The van der Waals surface area contributed by atoms with E-state index in [1.54, 1.807) is 42.3 Å². The monoisotopic (exact) mass is 328 g/mol. The molecule has 0 atom stereocenters. The fourth-order valence-corrected chi connectivity index (χ4v) is 2.09. The smallest absolute Gasteiger partial charge is 0.258 e. The highest BCUT2D eigenvalue weighted by Crippen LogP contribution is 2.20. The number of rotatable bonds is 2. The van der Waals surface area contributed by atoms with Crippen LogP contribution in [0, 0.1) is 18.3 Å². The van der Waals surface area contributed by atoms with Crippen LogP contribution >= 0.6 is 15.9 Å². The summed E-state index contributed by atoms with van der Waals surface area (Å²) in [7, 11) is 1.72. The molecule has 0 N–H and O–H groups in total. The lowest BCUT2D eigenvalue weighted by Gasteiger charge is -2.18. The third kappa shape index (κ3) is 2.89. The first-order chi connectivity index (χ1) is 9.52. The number of hydrogen-bond acceptors (Lipinski definition) is 2. The Kier molecular flexibility index (Phi) is 4.21. The molecule has 4 heteroatoms. The molecule has 0 aromatic heterocycles. The van der Waals surface area contributed by atoms with E-state index >= 15 is 0 Å². The summed E-state index contributed by atoms with van der Waals surface area (Å²) in [5.41, 5.74) is 2.99. The number of anilines is 1. The van der Waals surface area contributed by atoms with Crippen molar-refractivity contribution in [1.82, 2.24) is 0 Å². The summed E-state index contributed by atoms with van der Waals surface area (Å²) >= 11 is 3.42. The van der Waals surface area contributed by atoms with E-state index in [0.29, 0.717) is 11.1 Å². The summed E-state index contributed by atoms with van der Waals surface area (Å²) in [6, 6.07) is 14.5. The van der Waals surface area contributed by atoms with Crippen LogP contribution in [0.15, 0.2) is 46.9 Å². The molecule has 20 heavy (non-hydrogen) atoms. The minimum absolute atomic E-state index is 0.0784. The van der Waals surface area contributed by atoms with Crippen molar-refractivity contribution in [3.05, 3.63) is 63.6 Å². The number of nitrogens with zero attached hydrogens (tertiary/aromatic N) is 2. The van der Waals surface area contributed by atoms with E-state index in [2.05, 4.69) is 22.0 Å². The Morgan fingerprint density at radius 2 is 1.85 bits per heavy atom. The molecule has 0 bridgehead atoms. The van der Waals surface area contributed by atoms with Crippen LogP contribution in [-0.4, -0.2) is 13.0 Å². The molecular formula is C16H13BrN2O. The fraction of sp³-hybridized carbons (Fsp3) is 0.125. The first-order valence-electron chi connectivity index (χ1n) is 6.07. The molecule has 3 nitrogen and oxygen atoms in total. The maximum Gasteiger partial charge on any atom is 0.258 e. The van der Waals surface area contributed by atoms with Crippen molar-refractivity contribution in [3.8, 4) is 6.07 Å². The minimum Gasteiger partial charge on any atom is -0.311 e. The lowest BCUT2D eigenvalue weighted by molar-refractivity contribution is 0.0993. The molecule has 0 aliphatic heterocycles. The van der Waals surface area contributed by atoms with Crippen LogP contribution in [0.25, 0.3) is 0 Å². The molecule has 0 unspecified atom stereocenters. The molecule has 2 rings (SSSR count). The van der Waals surface area contributed by atoms with Gasteiger partial charge in [-0.3, -0.25) is 4.79 Å². The lowest BCUT2D eigenvalue weighted by Crippen LogP contribution is -2.26. The molecule has 1 amide bonds. The molecule has 0 saturated heterocycles. The van der Waals surface area contributed by atoms with Crippen molar-refractivity contribution in [2.75, 3.05) is 11.9 Å². The van der Waals surface area contributed by atoms with E-state index in [9.17, 15) is 4.79 Å². The van der Waals surface area contributed by atoms with Gasteiger partial charge < -0.3 is 4.90 Å². The molecule has 0 saturated carbocycles. The largest absolute Gasteiger partial charge is 0.311 e. The normalized spacial score (nSPS) is 9.90. The highest BCUT2D eigenvalue weighted by Gasteiger charge is 2.14. The van der Waals surface area contributed by atoms with Crippen LogP contribution in [0.4, 0.5) is 5.69 Å². The first kappa shape index (κ1) is 14.3. The number of nitriles is 1. The summed E-state index contributed by atoms with van der Waals surface area (Å²) < 4.78 is 0.982. The van der Waals surface area contributed by atoms with Gasteiger partial charge in [0.05, 0.1) is 11.6 Å². The van der Waals surface area contributed by atoms with E-state index in [1.165, 1.54) is 0 Å². The Labute approximate surface area is 126 Å².